The largest absolute Gasteiger partial charge is 0.341 e. The third-order valence-corrected chi connectivity index (χ3v) is 5.45. The molecule has 0 saturated carbocycles. The summed E-state index contributed by atoms with van der Waals surface area (Å²) >= 11 is 0. The van der Waals surface area contributed by atoms with E-state index in [0.717, 1.165) is 0 Å². The van der Waals surface area contributed by atoms with Crippen LogP contribution in [0.15, 0.2) is 33.6 Å². The van der Waals surface area contributed by atoms with Crippen molar-refractivity contribution < 1.29 is 13.2 Å². The van der Waals surface area contributed by atoms with E-state index in [9.17, 15) is 13.2 Å². The lowest BCUT2D eigenvalue weighted by molar-refractivity contribution is 0.131. The molecule has 2 aliphatic rings. The average Bonchev–Trinajstić information content (AvgIpc) is 2.54. The molecule has 0 spiro atoms. The molecule has 8 nitrogen and oxygen atoms in total. The molecule has 0 atom stereocenters. The molecule has 2 heterocycles. The minimum atomic E-state index is -3.65. The van der Waals surface area contributed by atoms with E-state index in [1.165, 1.54) is 0 Å². The normalized spacial score (nSPS) is 19.9. The Bertz CT molecular complexity index is 767. The number of piperazine rings is 1. The molecule has 1 saturated heterocycles. The van der Waals surface area contributed by atoms with E-state index in [1.807, 2.05) is 0 Å². The number of hydrogen-bond acceptors (Lipinski definition) is 5. The molecule has 3 rings (SSSR count). The van der Waals surface area contributed by atoms with Gasteiger partial charge in [-0.1, -0.05) is 12.1 Å². The molecule has 24 heavy (non-hydrogen) atoms. The molecule has 1 aromatic carbocycles. The fraction of sp³-hybridized carbons (Fsp3) is 0.467. The van der Waals surface area contributed by atoms with Crippen LogP contribution in [0.5, 0.6) is 0 Å². The number of para-hydroxylation sites is 1. The zero-order valence-electron chi connectivity index (χ0n) is 13.8. The first-order valence-electron chi connectivity index (χ1n) is 7.75. The molecule has 130 valence electrons. The number of anilines is 1. The molecule has 0 aromatic heterocycles. The Labute approximate surface area is 141 Å². The lowest BCUT2D eigenvalue weighted by Gasteiger charge is -2.36. The third kappa shape index (κ3) is 3.36. The van der Waals surface area contributed by atoms with Crippen LogP contribution in [0.25, 0.3) is 0 Å². The molecule has 2 aliphatic heterocycles. The van der Waals surface area contributed by atoms with Gasteiger partial charge in [0, 0.05) is 40.3 Å². The summed E-state index contributed by atoms with van der Waals surface area (Å²) in [4.78, 5) is 17.6. The number of carbonyl (C=O) groups is 1. The molecule has 9 heteroatoms. The van der Waals surface area contributed by atoms with Crippen LogP contribution in [0.2, 0.25) is 0 Å². The number of rotatable bonds is 2. The fourth-order valence-electron chi connectivity index (χ4n) is 2.83. The van der Waals surface area contributed by atoms with Crippen LogP contribution in [0.1, 0.15) is 0 Å². The SMILES string of the molecule is CN(C)C(=O)N1CCN(CC2=NS(=O)(=O)c3ccccc3N2)CC1. The van der Waals surface area contributed by atoms with E-state index in [4.69, 9.17) is 0 Å². The number of nitrogens with zero attached hydrogens (tertiary/aromatic N) is 4. The number of hydrogen-bond donors (Lipinski definition) is 1. The summed E-state index contributed by atoms with van der Waals surface area (Å²) in [6.07, 6.45) is 0. The van der Waals surface area contributed by atoms with Crippen LogP contribution in [0.4, 0.5) is 10.5 Å². The third-order valence-electron chi connectivity index (χ3n) is 4.07. The van der Waals surface area contributed by atoms with Gasteiger partial charge in [-0.05, 0) is 12.1 Å². The van der Waals surface area contributed by atoms with Gasteiger partial charge in [0.1, 0.15) is 10.7 Å². The summed E-state index contributed by atoms with van der Waals surface area (Å²) in [7, 11) is -0.182. The maximum Gasteiger partial charge on any atom is 0.319 e. The summed E-state index contributed by atoms with van der Waals surface area (Å²) in [5.74, 6) is 0.418. The summed E-state index contributed by atoms with van der Waals surface area (Å²) in [5, 5.41) is 3.09. The van der Waals surface area contributed by atoms with Crippen molar-refractivity contribution in [2.45, 2.75) is 4.90 Å². The fourth-order valence-corrected chi connectivity index (χ4v) is 3.97. The molecule has 1 fully saturated rings. The van der Waals surface area contributed by atoms with Crippen LogP contribution in [-0.2, 0) is 10.0 Å². The molecular formula is C15H21N5O3S. The van der Waals surface area contributed by atoms with Gasteiger partial charge in [-0.2, -0.15) is 8.42 Å². The van der Waals surface area contributed by atoms with Crippen LogP contribution in [-0.4, -0.2) is 81.8 Å². The predicted octanol–water partition coefficient (Wildman–Crippen LogP) is 0.499. The highest BCUT2D eigenvalue weighted by Gasteiger charge is 2.27. The summed E-state index contributed by atoms with van der Waals surface area (Å²) < 4.78 is 28.4. The van der Waals surface area contributed by atoms with E-state index in [0.29, 0.717) is 44.2 Å². The van der Waals surface area contributed by atoms with Gasteiger partial charge >= 0.3 is 6.03 Å². The molecule has 2 amide bonds. The van der Waals surface area contributed by atoms with E-state index in [-0.39, 0.29) is 10.9 Å². The molecule has 1 N–H and O–H groups in total. The highest BCUT2D eigenvalue weighted by molar-refractivity contribution is 7.90. The van der Waals surface area contributed by atoms with Crippen LogP contribution in [0.3, 0.4) is 0 Å². The van der Waals surface area contributed by atoms with Gasteiger partial charge in [-0.25, -0.2) is 4.79 Å². The van der Waals surface area contributed by atoms with E-state index >= 15 is 0 Å². The lowest BCUT2D eigenvalue weighted by atomic mass is 10.3. The van der Waals surface area contributed by atoms with Crippen molar-refractivity contribution in [1.82, 2.24) is 14.7 Å². The van der Waals surface area contributed by atoms with Gasteiger partial charge < -0.3 is 15.1 Å². The molecule has 0 unspecified atom stereocenters. The summed E-state index contributed by atoms with van der Waals surface area (Å²) in [6, 6.07) is 6.74. The van der Waals surface area contributed by atoms with Gasteiger partial charge in [0.25, 0.3) is 10.0 Å². The summed E-state index contributed by atoms with van der Waals surface area (Å²) in [6.45, 7) is 3.02. The van der Waals surface area contributed by atoms with Crippen LogP contribution >= 0.6 is 0 Å². The molecule has 0 aliphatic carbocycles. The number of carbonyl (C=O) groups excluding carboxylic acids is 1. The maximum absolute atomic E-state index is 12.2. The first kappa shape index (κ1) is 16.7. The topological polar surface area (TPSA) is 85.3 Å². The number of urea groups is 1. The minimum absolute atomic E-state index is 0.000660. The first-order valence-corrected chi connectivity index (χ1v) is 9.19. The van der Waals surface area contributed by atoms with E-state index < -0.39 is 10.0 Å². The number of amidine groups is 1. The van der Waals surface area contributed by atoms with Gasteiger partial charge in [-0.15, -0.1) is 4.40 Å². The number of amides is 2. The van der Waals surface area contributed by atoms with Crippen molar-refractivity contribution in [3.8, 4) is 0 Å². The Morgan fingerprint density at radius 3 is 2.54 bits per heavy atom. The predicted molar refractivity (Wildman–Crippen MR) is 91.8 cm³/mol. The van der Waals surface area contributed by atoms with Gasteiger partial charge in [0.2, 0.25) is 0 Å². The lowest BCUT2D eigenvalue weighted by Crippen LogP contribution is -2.52. The average molecular weight is 351 g/mol. The monoisotopic (exact) mass is 351 g/mol. The van der Waals surface area contributed by atoms with Gasteiger partial charge in [0.05, 0.1) is 12.2 Å². The van der Waals surface area contributed by atoms with Crippen LogP contribution < -0.4 is 5.32 Å². The quantitative estimate of drug-likeness (QED) is 0.839. The first-order chi connectivity index (χ1) is 11.4. The summed E-state index contributed by atoms with van der Waals surface area (Å²) in [5.41, 5.74) is 0.559. The van der Waals surface area contributed by atoms with Crippen molar-refractivity contribution in [2.24, 2.45) is 4.40 Å². The van der Waals surface area contributed by atoms with Crippen molar-refractivity contribution in [1.29, 1.82) is 0 Å². The maximum atomic E-state index is 12.2. The number of fused-ring (bicyclic) bond motifs is 1. The van der Waals surface area contributed by atoms with Gasteiger partial charge in [0.15, 0.2) is 0 Å². The number of benzene rings is 1. The van der Waals surface area contributed by atoms with Crippen molar-refractivity contribution in [3.63, 3.8) is 0 Å². The second kappa shape index (κ2) is 6.40. The second-order valence-corrected chi connectivity index (χ2v) is 7.65. The standard InChI is InChI=1S/C15H21N5O3S/c1-18(2)15(21)20-9-7-19(8-10-20)11-14-16-12-5-3-4-6-13(12)24(22,23)17-14/h3-6H,7-11H2,1-2H3,(H,16,17). The number of sulfonamides is 1. The number of nitrogens with one attached hydrogen (secondary N) is 1. The van der Waals surface area contributed by atoms with Crippen molar-refractivity contribution in [3.05, 3.63) is 24.3 Å². The molecule has 0 radical (unpaired) electrons. The Balaban J connectivity index is 1.65. The Morgan fingerprint density at radius 1 is 1.21 bits per heavy atom. The van der Waals surface area contributed by atoms with Crippen molar-refractivity contribution >= 4 is 27.6 Å². The second-order valence-electron chi connectivity index (χ2n) is 6.07. The molecule has 0 bridgehead atoms. The van der Waals surface area contributed by atoms with Gasteiger partial charge in [-0.3, -0.25) is 4.90 Å². The zero-order chi connectivity index (χ0) is 17.3. The van der Waals surface area contributed by atoms with Crippen LogP contribution in [0, 0.1) is 0 Å². The highest BCUT2D eigenvalue weighted by Crippen LogP contribution is 2.26. The molecule has 1 aromatic rings. The van der Waals surface area contributed by atoms with Crippen molar-refractivity contribution in [2.75, 3.05) is 52.1 Å². The Morgan fingerprint density at radius 2 is 1.88 bits per heavy atom. The Hall–Kier alpha value is -2.13. The minimum Gasteiger partial charge on any atom is -0.341 e. The molecular weight excluding hydrogens is 330 g/mol. The van der Waals surface area contributed by atoms with E-state index in [2.05, 4.69) is 14.6 Å². The Kier molecular flexibility index (Phi) is 4.46. The highest BCUT2D eigenvalue weighted by atomic mass is 32.2. The van der Waals surface area contributed by atoms with E-state index in [1.54, 1.807) is 48.2 Å². The smallest absolute Gasteiger partial charge is 0.319 e. The zero-order valence-corrected chi connectivity index (χ0v) is 14.6.